The zero-order valence-electron chi connectivity index (χ0n) is 11.9. The number of nitrogens with two attached hydrogens (primary N) is 1. The average molecular weight is 246 g/mol. The summed E-state index contributed by atoms with van der Waals surface area (Å²) in [5.41, 5.74) is 10.1. The molecule has 2 nitrogen and oxygen atoms in total. The molecule has 2 heteroatoms. The van der Waals surface area contributed by atoms with Crippen LogP contribution in [-0.4, -0.2) is 24.0 Å². The summed E-state index contributed by atoms with van der Waals surface area (Å²) in [5, 5.41) is 0. The molecule has 100 valence electrons. The first-order valence-corrected chi connectivity index (χ1v) is 7.10. The highest BCUT2D eigenvalue weighted by Crippen LogP contribution is 2.24. The van der Waals surface area contributed by atoms with Crippen molar-refractivity contribution in [3.8, 4) is 0 Å². The van der Waals surface area contributed by atoms with Crippen molar-refractivity contribution < 1.29 is 0 Å². The van der Waals surface area contributed by atoms with Crippen LogP contribution in [0.25, 0.3) is 0 Å². The predicted octanol–water partition coefficient (Wildman–Crippen LogP) is 2.86. The normalized spacial score (nSPS) is 25.3. The molecule has 1 saturated heterocycles. The summed E-state index contributed by atoms with van der Waals surface area (Å²) in [7, 11) is 0. The molecule has 2 N–H and O–H groups in total. The first-order chi connectivity index (χ1) is 8.60. The molecule has 1 aromatic carbocycles. The Balaban J connectivity index is 2.10. The summed E-state index contributed by atoms with van der Waals surface area (Å²) in [4.78, 5) is 2.57. The molecule has 1 fully saturated rings. The fraction of sp³-hybridized carbons (Fsp3) is 0.625. The third kappa shape index (κ3) is 3.12. The van der Waals surface area contributed by atoms with E-state index in [2.05, 4.69) is 43.9 Å². The van der Waals surface area contributed by atoms with Crippen LogP contribution in [-0.2, 0) is 6.54 Å². The lowest BCUT2D eigenvalue weighted by atomic mass is 9.91. The SMILES string of the molecule is Cc1ccc(C)c(CN2CCC(C)CC2CN)c1. The molecule has 1 aliphatic rings. The highest BCUT2D eigenvalue weighted by atomic mass is 15.2. The molecule has 0 saturated carbocycles. The second-order valence-corrected chi connectivity index (χ2v) is 5.92. The Morgan fingerprint density at radius 2 is 2.11 bits per heavy atom. The molecule has 0 aromatic heterocycles. The molecule has 1 aliphatic heterocycles. The predicted molar refractivity (Wildman–Crippen MR) is 77.6 cm³/mol. The topological polar surface area (TPSA) is 29.3 Å². The van der Waals surface area contributed by atoms with E-state index in [4.69, 9.17) is 5.73 Å². The Labute approximate surface area is 111 Å². The maximum absolute atomic E-state index is 5.94. The van der Waals surface area contributed by atoms with E-state index in [0.29, 0.717) is 6.04 Å². The van der Waals surface area contributed by atoms with Gasteiger partial charge in [-0.1, -0.05) is 30.7 Å². The number of benzene rings is 1. The molecular weight excluding hydrogens is 220 g/mol. The van der Waals surface area contributed by atoms with Crippen molar-refractivity contribution in [1.82, 2.24) is 4.90 Å². The van der Waals surface area contributed by atoms with Crippen molar-refractivity contribution in [2.75, 3.05) is 13.1 Å². The quantitative estimate of drug-likeness (QED) is 0.888. The molecule has 2 unspecified atom stereocenters. The molecule has 0 bridgehead atoms. The molecule has 0 aliphatic carbocycles. The summed E-state index contributed by atoms with van der Waals surface area (Å²) in [5.74, 6) is 0.827. The van der Waals surface area contributed by atoms with Gasteiger partial charge in [0.15, 0.2) is 0 Å². The van der Waals surface area contributed by atoms with Gasteiger partial charge in [-0.3, -0.25) is 4.90 Å². The van der Waals surface area contributed by atoms with Gasteiger partial charge in [0.25, 0.3) is 0 Å². The van der Waals surface area contributed by atoms with E-state index in [0.717, 1.165) is 19.0 Å². The molecule has 2 rings (SSSR count). The van der Waals surface area contributed by atoms with Gasteiger partial charge in [0.05, 0.1) is 0 Å². The minimum atomic E-state index is 0.564. The highest BCUT2D eigenvalue weighted by Gasteiger charge is 2.25. The highest BCUT2D eigenvalue weighted by molar-refractivity contribution is 5.30. The Bertz CT molecular complexity index is 400. The maximum Gasteiger partial charge on any atom is 0.0239 e. The van der Waals surface area contributed by atoms with Crippen LogP contribution in [0.15, 0.2) is 18.2 Å². The van der Waals surface area contributed by atoms with Gasteiger partial charge >= 0.3 is 0 Å². The molecule has 0 amide bonds. The Morgan fingerprint density at radius 1 is 1.33 bits per heavy atom. The molecule has 1 heterocycles. The molecule has 2 atom stereocenters. The first kappa shape index (κ1) is 13.6. The second kappa shape index (κ2) is 5.85. The first-order valence-electron chi connectivity index (χ1n) is 7.10. The Hall–Kier alpha value is -0.860. The summed E-state index contributed by atoms with van der Waals surface area (Å²) in [6, 6.07) is 7.31. The number of rotatable bonds is 3. The van der Waals surface area contributed by atoms with Gasteiger partial charge in [-0.15, -0.1) is 0 Å². The summed E-state index contributed by atoms with van der Waals surface area (Å²) in [6.45, 7) is 9.76. The smallest absolute Gasteiger partial charge is 0.0239 e. The van der Waals surface area contributed by atoms with Crippen LogP contribution in [0.4, 0.5) is 0 Å². The van der Waals surface area contributed by atoms with Crippen molar-refractivity contribution in [3.63, 3.8) is 0 Å². The average Bonchev–Trinajstić information content (AvgIpc) is 2.36. The molecule has 18 heavy (non-hydrogen) atoms. The zero-order chi connectivity index (χ0) is 13.1. The lowest BCUT2D eigenvalue weighted by molar-refractivity contribution is 0.115. The zero-order valence-corrected chi connectivity index (χ0v) is 11.9. The van der Waals surface area contributed by atoms with Gasteiger partial charge in [-0.2, -0.15) is 0 Å². The minimum Gasteiger partial charge on any atom is -0.329 e. The minimum absolute atomic E-state index is 0.564. The molecule has 1 aromatic rings. The number of aryl methyl sites for hydroxylation is 2. The fourth-order valence-electron chi connectivity index (χ4n) is 2.94. The second-order valence-electron chi connectivity index (χ2n) is 5.92. The van der Waals surface area contributed by atoms with E-state index in [-0.39, 0.29) is 0 Å². The van der Waals surface area contributed by atoms with E-state index in [1.807, 2.05) is 0 Å². The van der Waals surface area contributed by atoms with E-state index in [1.165, 1.54) is 36.1 Å². The molecule has 0 spiro atoms. The molecular formula is C16H26N2. The van der Waals surface area contributed by atoms with Crippen LogP contribution in [0.5, 0.6) is 0 Å². The van der Waals surface area contributed by atoms with E-state index < -0.39 is 0 Å². The monoisotopic (exact) mass is 246 g/mol. The Kier molecular flexibility index (Phi) is 4.41. The van der Waals surface area contributed by atoms with Crippen LogP contribution in [0.3, 0.4) is 0 Å². The van der Waals surface area contributed by atoms with Gasteiger partial charge in [-0.05, 0) is 50.3 Å². The lowest BCUT2D eigenvalue weighted by Crippen LogP contribution is -2.45. The maximum atomic E-state index is 5.94. The third-order valence-corrected chi connectivity index (χ3v) is 4.25. The number of hydrogen-bond acceptors (Lipinski definition) is 2. The standard InChI is InChI=1S/C16H26N2/c1-12-4-5-14(3)15(8-12)11-18-7-6-13(2)9-16(18)10-17/h4-5,8,13,16H,6-7,9-11,17H2,1-3H3. The van der Waals surface area contributed by atoms with E-state index in [1.54, 1.807) is 0 Å². The van der Waals surface area contributed by atoms with Gasteiger partial charge in [-0.25, -0.2) is 0 Å². The van der Waals surface area contributed by atoms with Crippen molar-refractivity contribution in [3.05, 3.63) is 34.9 Å². The summed E-state index contributed by atoms with van der Waals surface area (Å²) in [6.07, 6.45) is 2.56. The largest absolute Gasteiger partial charge is 0.329 e. The number of nitrogens with zero attached hydrogens (tertiary/aromatic N) is 1. The number of likely N-dealkylation sites (tertiary alicyclic amines) is 1. The molecule has 0 radical (unpaired) electrons. The van der Waals surface area contributed by atoms with Crippen LogP contribution >= 0.6 is 0 Å². The summed E-state index contributed by atoms with van der Waals surface area (Å²) < 4.78 is 0. The van der Waals surface area contributed by atoms with Crippen LogP contribution in [0.1, 0.15) is 36.5 Å². The number of piperidine rings is 1. The van der Waals surface area contributed by atoms with Gasteiger partial charge in [0, 0.05) is 19.1 Å². The Morgan fingerprint density at radius 3 is 2.83 bits per heavy atom. The third-order valence-electron chi connectivity index (χ3n) is 4.25. The van der Waals surface area contributed by atoms with Gasteiger partial charge in [0.2, 0.25) is 0 Å². The lowest BCUT2D eigenvalue weighted by Gasteiger charge is -2.38. The number of hydrogen-bond donors (Lipinski definition) is 1. The van der Waals surface area contributed by atoms with Crippen molar-refractivity contribution >= 4 is 0 Å². The van der Waals surface area contributed by atoms with Crippen LogP contribution in [0, 0.1) is 19.8 Å². The van der Waals surface area contributed by atoms with E-state index >= 15 is 0 Å². The fourth-order valence-corrected chi connectivity index (χ4v) is 2.94. The van der Waals surface area contributed by atoms with Gasteiger partial charge < -0.3 is 5.73 Å². The van der Waals surface area contributed by atoms with Crippen molar-refractivity contribution in [1.29, 1.82) is 0 Å². The van der Waals surface area contributed by atoms with Crippen molar-refractivity contribution in [2.24, 2.45) is 11.7 Å². The van der Waals surface area contributed by atoms with Crippen LogP contribution in [0.2, 0.25) is 0 Å². The van der Waals surface area contributed by atoms with Gasteiger partial charge in [0.1, 0.15) is 0 Å². The summed E-state index contributed by atoms with van der Waals surface area (Å²) >= 11 is 0. The van der Waals surface area contributed by atoms with E-state index in [9.17, 15) is 0 Å². The van der Waals surface area contributed by atoms with Crippen molar-refractivity contribution in [2.45, 2.75) is 46.2 Å². The van der Waals surface area contributed by atoms with Crippen LogP contribution < -0.4 is 5.73 Å².